The summed E-state index contributed by atoms with van der Waals surface area (Å²) in [5, 5.41) is 3.59. The summed E-state index contributed by atoms with van der Waals surface area (Å²) in [6.45, 7) is 3.86. The summed E-state index contributed by atoms with van der Waals surface area (Å²) in [5.41, 5.74) is 2.23. The highest BCUT2D eigenvalue weighted by molar-refractivity contribution is 6.37. The number of anilines is 1. The molecule has 4 unspecified atom stereocenters. The van der Waals surface area contributed by atoms with Crippen LogP contribution in [0.4, 0.5) is 5.69 Å². The minimum absolute atomic E-state index is 0.0300. The molecule has 8 heteroatoms. The number of nitrogens with one attached hydrogen (secondary N) is 1. The quantitative estimate of drug-likeness (QED) is 0.222. The number of benzene rings is 4. The van der Waals surface area contributed by atoms with Crippen LogP contribution >= 0.6 is 23.2 Å². The van der Waals surface area contributed by atoms with Gasteiger partial charge in [0.05, 0.1) is 23.1 Å². The van der Waals surface area contributed by atoms with Gasteiger partial charge in [-0.25, -0.2) is 0 Å². The molecule has 4 atom stereocenters. The average Bonchev–Trinajstić information content (AvgIpc) is 3.49. The van der Waals surface area contributed by atoms with Gasteiger partial charge < -0.3 is 15.0 Å². The van der Waals surface area contributed by atoms with Crippen LogP contribution in [0.25, 0.3) is 6.08 Å². The fourth-order valence-corrected chi connectivity index (χ4v) is 7.67. The lowest BCUT2D eigenvalue weighted by Gasteiger charge is -2.38. The molecule has 0 saturated carbocycles. The smallest absolute Gasteiger partial charge is 0.238 e. The van der Waals surface area contributed by atoms with Gasteiger partial charge in [-0.15, -0.1) is 0 Å². The molecule has 1 N–H and O–H groups in total. The van der Waals surface area contributed by atoms with Gasteiger partial charge >= 0.3 is 0 Å². The number of fused-ring (bicyclic) bond motifs is 6. The molecule has 3 aliphatic rings. The maximum atomic E-state index is 14.9. The van der Waals surface area contributed by atoms with Crippen LogP contribution in [0.15, 0.2) is 97.2 Å². The standard InChI is InChI=1S/C36H28Cl2N2O4/c1-20(2)44-24-14-11-22(12-15-24)32(41)31-30(33(42)26-16-13-23(37)19-28(26)38)36(27-9-5-6-10-29(27)39-35(36)43)34-25-8-4-3-7-21(25)17-18-40(31)34/h3-20,30-31,34H,1-2H3,(H,39,43). The number of halogens is 2. The Labute approximate surface area is 265 Å². The Kier molecular flexibility index (Phi) is 6.87. The summed E-state index contributed by atoms with van der Waals surface area (Å²) in [6.07, 6.45) is 3.75. The van der Waals surface area contributed by atoms with Crippen molar-refractivity contribution < 1.29 is 19.1 Å². The van der Waals surface area contributed by atoms with E-state index in [-0.39, 0.29) is 28.4 Å². The summed E-state index contributed by atoms with van der Waals surface area (Å²) in [5.74, 6) is -1.53. The fraction of sp³-hybridized carbons (Fsp3) is 0.194. The van der Waals surface area contributed by atoms with Crippen LogP contribution in [-0.4, -0.2) is 34.5 Å². The minimum Gasteiger partial charge on any atom is -0.491 e. The molecule has 1 fully saturated rings. The third-order valence-corrected chi connectivity index (χ3v) is 9.38. The first kappa shape index (κ1) is 28.4. The van der Waals surface area contributed by atoms with Gasteiger partial charge in [0, 0.05) is 28.0 Å². The number of hydrogen-bond acceptors (Lipinski definition) is 5. The molecule has 220 valence electrons. The topological polar surface area (TPSA) is 75.7 Å². The predicted molar refractivity (Wildman–Crippen MR) is 171 cm³/mol. The second kappa shape index (κ2) is 10.7. The van der Waals surface area contributed by atoms with E-state index in [9.17, 15) is 14.4 Å². The SMILES string of the molecule is CC(C)Oc1ccc(C(=O)C2C(C(=O)c3ccc(Cl)cc3Cl)C3(C(=O)Nc4ccccc43)C3c4ccccc4C=CN23)cc1. The number of ketones is 2. The molecule has 1 spiro atoms. The van der Waals surface area contributed by atoms with Crippen molar-refractivity contribution in [3.8, 4) is 5.75 Å². The number of amides is 1. The molecule has 0 radical (unpaired) electrons. The Bertz CT molecular complexity index is 1870. The van der Waals surface area contributed by atoms with Crippen molar-refractivity contribution in [3.05, 3.63) is 135 Å². The fourth-order valence-electron chi connectivity index (χ4n) is 7.17. The van der Waals surface area contributed by atoms with Crippen molar-refractivity contribution in [2.45, 2.75) is 37.5 Å². The van der Waals surface area contributed by atoms with Gasteiger partial charge in [-0.1, -0.05) is 65.7 Å². The molecule has 0 aromatic heterocycles. The zero-order valence-electron chi connectivity index (χ0n) is 24.0. The van der Waals surface area contributed by atoms with E-state index in [0.717, 1.165) is 11.1 Å². The number of hydrogen-bond donors (Lipinski definition) is 1. The molecule has 0 bridgehead atoms. The number of nitrogens with zero attached hydrogens (tertiary/aromatic N) is 1. The Hall–Kier alpha value is -4.39. The Morgan fingerprint density at radius 2 is 1.64 bits per heavy atom. The monoisotopic (exact) mass is 622 g/mol. The first-order valence-electron chi connectivity index (χ1n) is 14.5. The highest BCUT2D eigenvalue weighted by atomic mass is 35.5. The van der Waals surface area contributed by atoms with Crippen molar-refractivity contribution in [1.29, 1.82) is 0 Å². The molecular formula is C36H28Cl2N2O4. The van der Waals surface area contributed by atoms with Gasteiger partial charge in [0.1, 0.15) is 17.2 Å². The highest BCUT2D eigenvalue weighted by Crippen LogP contribution is 2.62. The van der Waals surface area contributed by atoms with Gasteiger partial charge in [-0.05, 0) is 85.1 Å². The van der Waals surface area contributed by atoms with Gasteiger partial charge in [0.15, 0.2) is 11.6 Å². The lowest BCUT2D eigenvalue weighted by molar-refractivity contribution is -0.122. The van der Waals surface area contributed by atoms with Crippen LogP contribution in [0.5, 0.6) is 5.75 Å². The maximum absolute atomic E-state index is 14.9. The van der Waals surface area contributed by atoms with Gasteiger partial charge in [0.2, 0.25) is 5.91 Å². The third-order valence-electron chi connectivity index (χ3n) is 8.83. The van der Waals surface area contributed by atoms with Gasteiger partial charge in [-0.3, -0.25) is 14.4 Å². The number of para-hydroxylation sites is 1. The highest BCUT2D eigenvalue weighted by Gasteiger charge is 2.70. The molecule has 1 amide bonds. The number of rotatable bonds is 6. The van der Waals surface area contributed by atoms with E-state index < -0.39 is 29.2 Å². The van der Waals surface area contributed by atoms with Crippen molar-refractivity contribution in [1.82, 2.24) is 4.90 Å². The largest absolute Gasteiger partial charge is 0.491 e. The summed E-state index contributed by atoms with van der Waals surface area (Å²) >= 11 is 12.8. The van der Waals surface area contributed by atoms with Crippen molar-refractivity contribution >= 4 is 52.4 Å². The molecule has 4 aromatic rings. The van der Waals surface area contributed by atoms with Crippen LogP contribution in [0.3, 0.4) is 0 Å². The zero-order chi connectivity index (χ0) is 30.7. The van der Waals surface area contributed by atoms with Crippen molar-refractivity contribution in [2.24, 2.45) is 5.92 Å². The van der Waals surface area contributed by atoms with Crippen LogP contribution < -0.4 is 10.1 Å². The summed E-state index contributed by atoms with van der Waals surface area (Å²) in [4.78, 5) is 46.1. The number of Topliss-reactive ketones (excluding diaryl/α,β-unsaturated/α-hetero) is 2. The average molecular weight is 624 g/mol. The lowest BCUT2D eigenvalue weighted by atomic mass is 9.62. The third kappa shape index (κ3) is 4.20. The molecule has 1 saturated heterocycles. The van der Waals surface area contributed by atoms with Crippen LogP contribution in [0, 0.1) is 5.92 Å². The molecule has 6 nitrogen and oxygen atoms in total. The van der Waals surface area contributed by atoms with Crippen LogP contribution in [0.1, 0.15) is 57.3 Å². The van der Waals surface area contributed by atoms with Gasteiger partial charge in [-0.2, -0.15) is 0 Å². The molecular weight excluding hydrogens is 595 g/mol. The number of ether oxygens (including phenoxy) is 1. The van der Waals surface area contributed by atoms with E-state index in [1.165, 1.54) is 6.07 Å². The molecule has 0 aliphatic carbocycles. The van der Waals surface area contributed by atoms with Crippen molar-refractivity contribution in [3.63, 3.8) is 0 Å². The molecule has 7 rings (SSSR count). The summed E-state index contributed by atoms with van der Waals surface area (Å²) < 4.78 is 5.80. The molecule has 4 aromatic carbocycles. The van der Waals surface area contributed by atoms with E-state index in [1.54, 1.807) is 36.4 Å². The second-order valence-corrected chi connectivity index (χ2v) is 12.5. The van der Waals surface area contributed by atoms with E-state index in [4.69, 9.17) is 27.9 Å². The lowest BCUT2D eigenvalue weighted by Crippen LogP contribution is -2.49. The first-order chi connectivity index (χ1) is 21.2. The Morgan fingerprint density at radius 1 is 0.909 bits per heavy atom. The Balaban J connectivity index is 1.49. The van der Waals surface area contributed by atoms with E-state index in [1.807, 2.05) is 79.6 Å². The first-order valence-corrected chi connectivity index (χ1v) is 15.2. The maximum Gasteiger partial charge on any atom is 0.238 e. The normalized spacial score (nSPS) is 22.9. The zero-order valence-corrected chi connectivity index (χ0v) is 25.5. The van der Waals surface area contributed by atoms with Crippen LogP contribution in [0.2, 0.25) is 10.0 Å². The molecule has 44 heavy (non-hydrogen) atoms. The van der Waals surface area contributed by atoms with Crippen molar-refractivity contribution in [2.75, 3.05) is 5.32 Å². The van der Waals surface area contributed by atoms with E-state index in [2.05, 4.69) is 5.32 Å². The number of carbonyl (C=O) groups excluding carboxylic acids is 3. The summed E-state index contributed by atoms with van der Waals surface area (Å²) in [6, 6.07) is 25.1. The second-order valence-electron chi connectivity index (χ2n) is 11.6. The molecule has 3 heterocycles. The van der Waals surface area contributed by atoms with Crippen LogP contribution in [-0.2, 0) is 10.2 Å². The van der Waals surface area contributed by atoms with E-state index in [0.29, 0.717) is 27.6 Å². The predicted octanol–water partition coefficient (Wildman–Crippen LogP) is 7.76. The minimum atomic E-state index is -1.45. The molecule has 3 aliphatic heterocycles. The summed E-state index contributed by atoms with van der Waals surface area (Å²) in [7, 11) is 0. The Morgan fingerprint density at radius 3 is 2.39 bits per heavy atom. The van der Waals surface area contributed by atoms with E-state index >= 15 is 0 Å². The van der Waals surface area contributed by atoms with Gasteiger partial charge in [0.25, 0.3) is 0 Å². The number of carbonyl (C=O) groups is 3.